The molecule has 0 bridgehead atoms. The second kappa shape index (κ2) is 11.2. The van der Waals surface area contributed by atoms with E-state index in [1.54, 1.807) is 7.11 Å². The van der Waals surface area contributed by atoms with Crippen LogP contribution in [-0.4, -0.2) is 68.5 Å². The molecule has 7 heteroatoms. The van der Waals surface area contributed by atoms with Crippen LogP contribution in [0.5, 0.6) is 0 Å². The maximum atomic E-state index is 5.22. The number of aliphatic imine (C=N–C) groups is 1. The summed E-state index contributed by atoms with van der Waals surface area (Å²) in [5.74, 6) is 1.81. The second-order valence-corrected chi connectivity index (χ2v) is 6.92. The number of likely N-dealkylation sites (tertiary alicyclic amines) is 1. The molecule has 0 radical (unpaired) electrons. The van der Waals surface area contributed by atoms with Crippen LogP contribution in [0.4, 0.5) is 0 Å². The van der Waals surface area contributed by atoms with Crippen LogP contribution >= 0.6 is 0 Å². The van der Waals surface area contributed by atoms with Gasteiger partial charge in [-0.05, 0) is 46.5 Å². The predicted octanol–water partition coefficient (Wildman–Crippen LogP) is 1.89. The smallest absolute Gasteiger partial charge is 0.191 e. The Hall–Kier alpha value is -1.60. The number of nitrogens with one attached hydrogen (secondary N) is 2. The highest BCUT2D eigenvalue weighted by Gasteiger charge is 2.19. The Bertz CT molecular complexity index is 531. The normalized spacial score (nSPS) is 16.8. The standard InChI is InChI=1S/C19H35N5O2/c1-5-20-19(21-10-7-18-15(2)23-26-16(18)3)22-17-8-12-24(13-9-17)11-6-14-25-4/h17H,5-14H2,1-4H3,(H2,20,21,22). The van der Waals surface area contributed by atoms with Gasteiger partial charge in [-0.1, -0.05) is 5.16 Å². The number of hydrogen-bond donors (Lipinski definition) is 2. The third kappa shape index (κ3) is 6.61. The van der Waals surface area contributed by atoms with Gasteiger partial charge < -0.3 is 24.8 Å². The number of piperidine rings is 1. The number of ether oxygens (including phenoxy) is 1. The number of rotatable bonds is 9. The third-order valence-corrected chi connectivity index (χ3v) is 4.91. The molecule has 1 saturated heterocycles. The summed E-state index contributed by atoms with van der Waals surface area (Å²) in [5, 5.41) is 11.0. The minimum absolute atomic E-state index is 0.491. The number of aromatic nitrogens is 1. The van der Waals surface area contributed by atoms with E-state index in [0.717, 1.165) is 82.4 Å². The molecule has 1 aliphatic heterocycles. The van der Waals surface area contributed by atoms with E-state index in [9.17, 15) is 0 Å². The predicted molar refractivity (Wildman–Crippen MR) is 105 cm³/mol. The van der Waals surface area contributed by atoms with Crippen LogP contribution in [0.25, 0.3) is 0 Å². The van der Waals surface area contributed by atoms with Gasteiger partial charge in [0.15, 0.2) is 5.96 Å². The van der Waals surface area contributed by atoms with Crippen molar-refractivity contribution in [2.45, 2.75) is 52.5 Å². The van der Waals surface area contributed by atoms with E-state index >= 15 is 0 Å². The molecule has 148 valence electrons. The maximum absolute atomic E-state index is 5.22. The lowest BCUT2D eigenvalue weighted by Gasteiger charge is -2.33. The summed E-state index contributed by atoms with van der Waals surface area (Å²) in [6.07, 6.45) is 4.28. The van der Waals surface area contributed by atoms with Crippen LogP contribution in [0.2, 0.25) is 0 Å². The lowest BCUT2D eigenvalue weighted by molar-refractivity contribution is 0.155. The second-order valence-electron chi connectivity index (χ2n) is 6.92. The first-order valence-electron chi connectivity index (χ1n) is 9.82. The van der Waals surface area contributed by atoms with Crippen molar-refractivity contribution in [2.24, 2.45) is 4.99 Å². The van der Waals surface area contributed by atoms with Gasteiger partial charge in [0.2, 0.25) is 0 Å². The fourth-order valence-electron chi connectivity index (χ4n) is 3.39. The zero-order valence-electron chi connectivity index (χ0n) is 16.8. The molecule has 1 aliphatic rings. The summed E-state index contributed by atoms with van der Waals surface area (Å²) in [6.45, 7) is 11.9. The highest BCUT2D eigenvalue weighted by molar-refractivity contribution is 5.80. The van der Waals surface area contributed by atoms with Crippen molar-refractivity contribution in [3.05, 3.63) is 17.0 Å². The van der Waals surface area contributed by atoms with Crippen LogP contribution in [0.3, 0.4) is 0 Å². The molecule has 0 amide bonds. The van der Waals surface area contributed by atoms with Crippen molar-refractivity contribution in [3.63, 3.8) is 0 Å². The van der Waals surface area contributed by atoms with Crippen LogP contribution < -0.4 is 10.6 Å². The molecular weight excluding hydrogens is 330 g/mol. The maximum Gasteiger partial charge on any atom is 0.191 e. The Morgan fingerprint density at radius 3 is 2.73 bits per heavy atom. The Morgan fingerprint density at radius 1 is 1.35 bits per heavy atom. The molecular formula is C19H35N5O2. The summed E-state index contributed by atoms with van der Waals surface area (Å²) in [5.41, 5.74) is 2.14. The van der Waals surface area contributed by atoms with Gasteiger partial charge in [-0.15, -0.1) is 0 Å². The molecule has 1 aromatic heterocycles. The molecule has 0 unspecified atom stereocenters. The Morgan fingerprint density at radius 2 is 2.12 bits per heavy atom. The highest BCUT2D eigenvalue weighted by atomic mass is 16.5. The zero-order valence-corrected chi connectivity index (χ0v) is 16.8. The van der Waals surface area contributed by atoms with Gasteiger partial charge in [-0.3, -0.25) is 4.99 Å². The van der Waals surface area contributed by atoms with Crippen LogP contribution in [0, 0.1) is 13.8 Å². The molecule has 0 aromatic carbocycles. The SMILES string of the molecule is CCNC(=NCCc1c(C)noc1C)NC1CCN(CCCOC)CC1. The van der Waals surface area contributed by atoms with Crippen molar-refractivity contribution in [2.75, 3.05) is 46.4 Å². The molecule has 0 spiro atoms. The minimum atomic E-state index is 0.491. The molecule has 0 aliphatic carbocycles. The molecule has 2 N–H and O–H groups in total. The molecule has 0 atom stereocenters. The van der Waals surface area contributed by atoms with Crippen LogP contribution in [-0.2, 0) is 11.2 Å². The monoisotopic (exact) mass is 365 g/mol. The molecule has 1 fully saturated rings. The van der Waals surface area contributed by atoms with Crippen molar-refractivity contribution in [1.82, 2.24) is 20.7 Å². The molecule has 2 rings (SSSR count). The topological polar surface area (TPSA) is 74.9 Å². The van der Waals surface area contributed by atoms with E-state index in [2.05, 4.69) is 27.6 Å². The quantitative estimate of drug-likeness (QED) is 0.395. The summed E-state index contributed by atoms with van der Waals surface area (Å²) in [4.78, 5) is 7.27. The molecule has 7 nitrogen and oxygen atoms in total. The average molecular weight is 366 g/mol. The van der Waals surface area contributed by atoms with Gasteiger partial charge in [0.25, 0.3) is 0 Å². The van der Waals surface area contributed by atoms with Gasteiger partial charge in [-0.25, -0.2) is 0 Å². The lowest BCUT2D eigenvalue weighted by atomic mass is 10.1. The van der Waals surface area contributed by atoms with E-state index < -0.39 is 0 Å². The van der Waals surface area contributed by atoms with E-state index in [0.29, 0.717) is 6.04 Å². The van der Waals surface area contributed by atoms with E-state index in [4.69, 9.17) is 14.3 Å². The summed E-state index contributed by atoms with van der Waals surface area (Å²) in [6, 6.07) is 0.491. The first-order valence-corrected chi connectivity index (χ1v) is 9.82. The number of methoxy groups -OCH3 is 1. The van der Waals surface area contributed by atoms with E-state index in [1.165, 1.54) is 5.56 Å². The van der Waals surface area contributed by atoms with Crippen molar-refractivity contribution in [3.8, 4) is 0 Å². The number of aryl methyl sites for hydroxylation is 2. The van der Waals surface area contributed by atoms with Gasteiger partial charge in [0, 0.05) is 58.0 Å². The summed E-state index contributed by atoms with van der Waals surface area (Å²) < 4.78 is 10.4. The summed E-state index contributed by atoms with van der Waals surface area (Å²) in [7, 11) is 1.77. The van der Waals surface area contributed by atoms with Crippen LogP contribution in [0.15, 0.2) is 9.52 Å². The summed E-state index contributed by atoms with van der Waals surface area (Å²) >= 11 is 0. The molecule has 26 heavy (non-hydrogen) atoms. The van der Waals surface area contributed by atoms with Gasteiger partial charge in [0.05, 0.1) is 5.69 Å². The van der Waals surface area contributed by atoms with Crippen LogP contribution in [0.1, 0.15) is 43.2 Å². The molecule has 1 aromatic rings. The number of hydrogen-bond acceptors (Lipinski definition) is 5. The van der Waals surface area contributed by atoms with Gasteiger partial charge >= 0.3 is 0 Å². The van der Waals surface area contributed by atoms with Crippen molar-refractivity contribution >= 4 is 5.96 Å². The number of nitrogens with zero attached hydrogens (tertiary/aromatic N) is 3. The number of guanidine groups is 1. The Balaban J connectivity index is 1.77. The Labute approximate surface area is 157 Å². The zero-order chi connectivity index (χ0) is 18.8. The lowest BCUT2D eigenvalue weighted by Crippen LogP contribution is -2.49. The van der Waals surface area contributed by atoms with Gasteiger partial charge in [0.1, 0.15) is 5.76 Å². The minimum Gasteiger partial charge on any atom is -0.385 e. The fraction of sp³-hybridized carbons (Fsp3) is 0.789. The van der Waals surface area contributed by atoms with Gasteiger partial charge in [-0.2, -0.15) is 0 Å². The largest absolute Gasteiger partial charge is 0.385 e. The first-order chi connectivity index (χ1) is 12.6. The fourth-order valence-corrected chi connectivity index (χ4v) is 3.39. The molecule has 0 saturated carbocycles. The Kier molecular flexibility index (Phi) is 8.91. The third-order valence-electron chi connectivity index (χ3n) is 4.91. The average Bonchev–Trinajstić information content (AvgIpc) is 2.95. The molecule has 2 heterocycles. The van der Waals surface area contributed by atoms with Crippen molar-refractivity contribution in [1.29, 1.82) is 0 Å². The highest BCUT2D eigenvalue weighted by Crippen LogP contribution is 2.13. The van der Waals surface area contributed by atoms with Crippen molar-refractivity contribution < 1.29 is 9.26 Å². The first kappa shape index (κ1) is 20.7. The van der Waals surface area contributed by atoms with E-state index in [-0.39, 0.29) is 0 Å². The van der Waals surface area contributed by atoms with E-state index in [1.807, 2.05) is 13.8 Å².